The van der Waals surface area contributed by atoms with Crippen molar-refractivity contribution in [1.29, 1.82) is 0 Å². The molecule has 1 aromatic heterocycles. The lowest BCUT2D eigenvalue weighted by atomic mass is 9.78. The highest BCUT2D eigenvalue weighted by molar-refractivity contribution is 6.62. The van der Waals surface area contributed by atoms with Crippen LogP contribution in [0, 0.1) is 0 Å². The molecule has 0 saturated carbocycles. The number of nitrogens with zero attached hydrogens (tertiary/aromatic N) is 1. The molecule has 1 aromatic carbocycles. The van der Waals surface area contributed by atoms with Gasteiger partial charge in [0, 0.05) is 11.6 Å². The quantitative estimate of drug-likeness (QED) is 0.495. The van der Waals surface area contributed by atoms with Crippen molar-refractivity contribution in [1.82, 2.24) is 4.57 Å². The van der Waals surface area contributed by atoms with Crippen LogP contribution in [-0.2, 0) is 30.0 Å². The van der Waals surface area contributed by atoms with Gasteiger partial charge in [-0.25, -0.2) is 4.79 Å². The number of hydrogen-bond acceptors (Lipinski definition) is 6. The molecule has 1 fully saturated rings. The van der Waals surface area contributed by atoms with Crippen LogP contribution in [-0.4, -0.2) is 46.2 Å². The van der Waals surface area contributed by atoms with Crippen molar-refractivity contribution in [2.45, 2.75) is 98.1 Å². The molecule has 0 N–H and O–H groups in total. The van der Waals surface area contributed by atoms with Crippen LogP contribution in [0.5, 0.6) is 0 Å². The average molecular weight is 457 g/mol. The van der Waals surface area contributed by atoms with Crippen LogP contribution >= 0.6 is 0 Å². The molecule has 0 unspecified atom stereocenters. The highest BCUT2D eigenvalue weighted by Gasteiger charge is 2.51. The Balaban J connectivity index is 2.04. The number of ether oxygens (including phenoxy) is 2. The molecule has 1 aliphatic heterocycles. The predicted molar refractivity (Wildman–Crippen MR) is 129 cm³/mol. The van der Waals surface area contributed by atoms with Crippen LogP contribution in [0.3, 0.4) is 0 Å². The molecule has 33 heavy (non-hydrogen) atoms. The minimum atomic E-state index is -0.651. The minimum Gasteiger partial charge on any atom is -0.460 e. The average Bonchev–Trinajstić information content (AvgIpc) is 3.05. The largest absolute Gasteiger partial charge is 0.494 e. The van der Waals surface area contributed by atoms with Gasteiger partial charge in [-0.1, -0.05) is 12.1 Å². The number of hydrogen-bond donors (Lipinski definition) is 0. The fraction of sp³-hybridized carbons (Fsp3) is 0.600. The third-order valence-corrected chi connectivity index (χ3v) is 5.78. The zero-order chi connectivity index (χ0) is 25.0. The van der Waals surface area contributed by atoms with E-state index in [2.05, 4.69) is 0 Å². The van der Waals surface area contributed by atoms with E-state index in [-0.39, 0.29) is 12.4 Å². The molecule has 0 bridgehead atoms. The smallest absolute Gasteiger partial charge is 0.460 e. The zero-order valence-corrected chi connectivity index (χ0v) is 21.5. The first kappa shape index (κ1) is 25.3. The first-order valence-electron chi connectivity index (χ1n) is 11.3. The van der Waals surface area contributed by atoms with Crippen LogP contribution < -0.4 is 5.46 Å². The van der Waals surface area contributed by atoms with E-state index in [9.17, 15) is 9.59 Å². The van der Waals surface area contributed by atoms with Gasteiger partial charge in [-0.15, -0.1) is 0 Å². The lowest BCUT2D eigenvalue weighted by Gasteiger charge is -2.32. The molecule has 1 saturated heterocycles. The topological polar surface area (TPSA) is 76.0 Å². The molecule has 0 spiro atoms. The summed E-state index contributed by atoms with van der Waals surface area (Å²) in [5, 5.41) is 0.749. The van der Waals surface area contributed by atoms with Crippen LogP contribution in [0.15, 0.2) is 24.4 Å². The van der Waals surface area contributed by atoms with Gasteiger partial charge in [0.2, 0.25) is 0 Å². The van der Waals surface area contributed by atoms with E-state index in [1.807, 2.05) is 87.4 Å². The Hall–Kier alpha value is -2.32. The molecular weight excluding hydrogens is 421 g/mol. The Kier molecular flexibility index (Phi) is 6.26. The fourth-order valence-corrected chi connectivity index (χ4v) is 3.58. The van der Waals surface area contributed by atoms with Gasteiger partial charge in [0.1, 0.15) is 11.2 Å². The summed E-state index contributed by atoms with van der Waals surface area (Å²) in [5.74, 6) is -0.369. The number of benzene rings is 1. The summed E-state index contributed by atoms with van der Waals surface area (Å²) in [6.45, 7) is 18.9. The highest BCUT2D eigenvalue weighted by atomic mass is 16.7. The van der Waals surface area contributed by atoms with E-state index < -0.39 is 35.6 Å². The monoisotopic (exact) mass is 457 g/mol. The maximum absolute atomic E-state index is 12.9. The molecule has 7 nitrogen and oxygen atoms in total. The highest BCUT2D eigenvalue weighted by Crippen LogP contribution is 2.37. The lowest BCUT2D eigenvalue weighted by molar-refractivity contribution is -0.153. The maximum atomic E-state index is 12.9. The van der Waals surface area contributed by atoms with Crippen LogP contribution in [0.4, 0.5) is 4.79 Å². The lowest BCUT2D eigenvalue weighted by Crippen LogP contribution is -2.41. The minimum absolute atomic E-state index is 0.0242. The van der Waals surface area contributed by atoms with E-state index >= 15 is 0 Å². The van der Waals surface area contributed by atoms with Gasteiger partial charge in [-0.2, -0.15) is 0 Å². The van der Waals surface area contributed by atoms with E-state index in [1.54, 1.807) is 6.20 Å². The van der Waals surface area contributed by atoms with Crippen molar-refractivity contribution in [3.05, 3.63) is 30.0 Å². The van der Waals surface area contributed by atoms with Crippen molar-refractivity contribution < 1.29 is 28.4 Å². The Bertz CT molecular complexity index is 1050. The van der Waals surface area contributed by atoms with E-state index in [4.69, 9.17) is 18.8 Å². The molecular formula is C25H36BNO6. The number of carbonyl (C=O) groups excluding carboxylic acids is 2. The maximum Gasteiger partial charge on any atom is 0.494 e. The van der Waals surface area contributed by atoms with E-state index in [0.717, 1.165) is 10.8 Å². The summed E-state index contributed by atoms with van der Waals surface area (Å²) in [6.07, 6.45) is 1.17. The van der Waals surface area contributed by atoms with Gasteiger partial charge in [0.25, 0.3) is 0 Å². The first-order chi connectivity index (χ1) is 14.9. The second kappa shape index (κ2) is 8.17. The second-order valence-electron chi connectivity index (χ2n) is 11.6. The predicted octanol–water partition coefficient (Wildman–Crippen LogP) is 4.61. The Morgan fingerprint density at radius 2 is 1.48 bits per heavy atom. The molecule has 0 aliphatic carbocycles. The summed E-state index contributed by atoms with van der Waals surface area (Å²) in [6, 6.07) is 5.62. The summed E-state index contributed by atoms with van der Waals surface area (Å²) in [4.78, 5) is 25.5. The second-order valence-corrected chi connectivity index (χ2v) is 11.6. The van der Waals surface area contributed by atoms with Crippen molar-refractivity contribution in [3.8, 4) is 0 Å². The third-order valence-electron chi connectivity index (χ3n) is 5.78. The number of aromatic nitrogens is 1. The fourth-order valence-electron chi connectivity index (χ4n) is 3.58. The van der Waals surface area contributed by atoms with Crippen molar-refractivity contribution in [3.63, 3.8) is 0 Å². The van der Waals surface area contributed by atoms with Gasteiger partial charge in [0.05, 0.1) is 23.1 Å². The number of rotatable bonds is 3. The normalized spacial score (nSPS) is 17.9. The molecule has 8 heteroatoms. The Morgan fingerprint density at radius 1 is 0.939 bits per heavy atom. The molecule has 0 amide bonds. The van der Waals surface area contributed by atoms with Gasteiger partial charge < -0.3 is 18.8 Å². The number of esters is 1. The van der Waals surface area contributed by atoms with Gasteiger partial charge >= 0.3 is 19.2 Å². The molecule has 0 radical (unpaired) electrons. The van der Waals surface area contributed by atoms with Crippen LogP contribution in [0.2, 0.25) is 0 Å². The van der Waals surface area contributed by atoms with Gasteiger partial charge in [0.15, 0.2) is 0 Å². The van der Waals surface area contributed by atoms with Crippen molar-refractivity contribution >= 4 is 35.5 Å². The van der Waals surface area contributed by atoms with Crippen molar-refractivity contribution in [2.24, 2.45) is 0 Å². The number of carbonyl (C=O) groups is 2. The first-order valence-corrected chi connectivity index (χ1v) is 11.3. The van der Waals surface area contributed by atoms with E-state index in [0.29, 0.717) is 11.1 Å². The Morgan fingerprint density at radius 3 is 2.00 bits per heavy atom. The molecule has 180 valence electrons. The molecule has 2 aromatic rings. The molecule has 1 aliphatic rings. The summed E-state index contributed by atoms with van der Waals surface area (Å²) < 4.78 is 24.9. The van der Waals surface area contributed by atoms with E-state index in [1.165, 1.54) is 4.57 Å². The van der Waals surface area contributed by atoms with Gasteiger partial charge in [-0.3, -0.25) is 9.36 Å². The van der Waals surface area contributed by atoms with Crippen molar-refractivity contribution in [2.75, 3.05) is 0 Å². The Labute approximate surface area is 196 Å². The van der Waals surface area contributed by atoms with Crippen LogP contribution in [0.1, 0.15) is 74.8 Å². The number of fused-ring (bicyclic) bond motifs is 1. The zero-order valence-electron chi connectivity index (χ0n) is 21.5. The molecule has 3 rings (SSSR count). The summed E-state index contributed by atoms with van der Waals surface area (Å²) in [7, 11) is -0.557. The molecule has 0 atom stereocenters. The SMILES string of the molecule is CC(C)(C)OC(=O)Cc1cn(C(=O)OC(C)(C)C)c2ccc(B3OC(C)(C)C(C)(C)O3)cc12. The standard InChI is InChI=1S/C25H36BNO6/c1-22(2,3)30-20(28)13-16-15-27(21(29)31-23(4,5)6)19-12-11-17(14-18(16)19)26-32-24(7,8)25(9,10)33-26/h11-12,14-15H,13H2,1-10H3. The van der Waals surface area contributed by atoms with Crippen LogP contribution in [0.25, 0.3) is 10.9 Å². The van der Waals surface area contributed by atoms with Gasteiger partial charge in [-0.05, 0) is 86.3 Å². The third kappa shape index (κ3) is 5.61. The summed E-state index contributed by atoms with van der Waals surface area (Å²) >= 11 is 0. The molecule has 2 heterocycles. The summed E-state index contributed by atoms with van der Waals surface area (Å²) in [5.41, 5.74) is -0.0843.